The fraction of sp³-hybridized carbons (Fsp3) is 0.731. The number of halogens is 1. The molecule has 32 heavy (non-hydrogen) atoms. The highest BCUT2D eigenvalue weighted by atomic mass is 19.1. The Hall–Kier alpha value is -1.66. The lowest BCUT2D eigenvalue weighted by Gasteiger charge is -2.46. The number of benzene rings is 1. The predicted octanol–water partition coefficient (Wildman–Crippen LogP) is 4.50. The van der Waals surface area contributed by atoms with Crippen molar-refractivity contribution in [3.63, 3.8) is 0 Å². The number of hydrogen-bond acceptors (Lipinski definition) is 4. The average molecular weight is 447 g/mol. The molecule has 3 heterocycles. The minimum Gasteiger partial charge on any atom is -0.494 e. The van der Waals surface area contributed by atoms with Crippen LogP contribution in [0.15, 0.2) is 24.3 Å². The Morgan fingerprint density at radius 1 is 1.09 bits per heavy atom. The van der Waals surface area contributed by atoms with Gasteiger partial charge in [0.1, 0.15) is 11.6 Å². The maximum atomic E-state index is 13.0. The minimum absolute atomic E-state index is 0.0674. The highest BCUT2D eigenvalue weighted by molar-refractivity contribution is 5.76. The van der Waals surface area contributed by atoms with Crippen LogP contribution in [0.5, 0.6) is 5.75 Å². The van der Waals surface area contributed by atoms with E-state index in [1.165, 1.54) is 12.1 Å². The van der Waals surface area contributed by atoms with E-state index in [4.69, 9.17) is 9.47 Å². The number of nitrogens with zero attached hydrogens (tertiary/aromatic N) is 2. The third-order valence-corrected chi connectivity index (χ3v) is 7.85. The number of ether oxygens (including phenoxy) is 2. The standard InChI is InChI=1S/C26H39FN2O3/c1-2-28-13-7-21(8-14-28)19-25(30)29-15-11-26(12-16-29)20-22(10-18-32-26)9-17-31-24-5-3-23(27)4-6-24/h3-6,21-22H,2,7-20H2,1H3. The Morgan fingerprint density at radius 2 is 1.81 bits per heavy atom. The molecular formula is C26H39FN2O3. The minimum atomic E-state index is -0.240. The summed E-state index contributed by atoms with van der Waals surface area (Å²) in [4.78, 5) is 17.4. The second-order valence-electron chi connectivity index (χ2n) is 9.94. The Labute approximate surface area is 192 Å². The molecule has 1 atom stereocenters. The number of rotatable bonds is 7. The summed E-state index contributed by atoms with van der Waals surface area (Å²) in [6.45, 7) is 8.70. The summed E-state index contributed by atoms with van der Waals surface area (Å²) >= 11 is 0. The van der Waals surface area contributed by atoms with Gasteiger partial charge in [-0.3, -0.25) is 4.79 Å². The second-order valence-corrected chi connectivity index (χ2v) is 9.94. The highest BCUT2D eigenvalue weighted by Crippen LogP contribution is 2.39. The van der Waals surface area contributed by atoms with Crippen molar-refractivity contribution >= 4 is 5.91 Å². The molecule has 6 heteroatoms. The molecule has 0 saturated carbocycles. The number of likely N-dealkylation sites (tertiary alicyclic amines) is 2. The molecular weight excluding hydrogens is 407 g/mol. The lowest BCUT2D eigenvalue weighted by molar-refractivity contribution is -0.148. The van der Waals surface area contributed by atoms with E-state index < -0.39 is 0 Å². The number of amides is 1. The maximum absolute atomic E-state index is 13.0. The Kier molecular flexibility index (Phi) is 8.06. The first-order valence-electron chi connectivity index (χ1n) is 12.6. The smallest absolute Gasteiger partial charge is 0.222 e. The van der Waals surface area contributed by atoms with Crippen molar-refractivity contribution in [1.29, 1.82) is 0 Å². The molecule has 3 aliphatic rings. The lowest BCUT2D eigenvalue weighted by Crippen LogP contribution is -2.51. The Balaban J connectivity index is 1.18. The van der Waals surface area contributed by atoms with E-state index in [9.17, 15) is 9.18 Å². The summed E-state index contributed by atoms with van der Waals surface area (Å²) in [7, 11) is 0. The molecule has 0 aliphatic carbocycles. The van der Waals surface area contributed by atoms with Gasteiger partial charge in [0.15, 0.2) is 0 Å². The van der Waals surface area contributed by atoms with Crippen LogP contribution in [0.25, 0.3) is 0 Å². The molecule has 4 rings (SSSR count). The van der Waals surface area contributed by atoms with Crippen molar-refractivity contribution in [2.75, 3.05) is 45.9 Å². The van der Waals surface area contributed by atoms with Gasteiger partial charge in [0.05, 0.1) is 12.2 Å². The average Bonchev–Trinajstić information content (AvgIpc) is 2.81. The van der Waals surface area contributed by atoms with Crippen molar-refractivity contribution in [1.82, 2.24) is 9.80 Å². The topological polar surface area (TPSA) is 42.0 Å². The number of piperidine rings is 2. The first-order chi connectivity index (χ1) is 15.5. The van der Waals surface area contributed by atoms with E-state index in [0.29, 0.717) is 24.3 Å². The third-order valence-electron chi connectivity index (χ3n) is 7.85. The largest absolute Gasteiger partial charge is 0.494 e. The van der Waals surface area contributed by atoms with Crippen LogP contribution < -0.4 is 4.74 Å². The molecule has 1 amide bonds. The number of carbonyl (C=O) groups is 1. The van der Waals surface area contributed by atoms with Crippen molar-refractivity contribution in [2.45, 2.75) is 63.9 Å². The monoisotopic (exact) mass is 446 g/mol. The van der Waals surface area contributed by atoms with E-state index in [1.807, 2.05) is 0 Å². The molecule has 1 aromatic rings. The van der Waals surface area contributed by atoms with Crippen molar-refractivity contribution in [3.8, 4) is 5.75 Å². The van der Waals surface area contributed by atoms with Crippen LogP contribution >= 0.6 is 0 Å². The number of hydrogen-bond donors (Lipinski definition) is 0. The zero-order valence-electron chi connectivity index (χ0n) is 19.6. The predicted molar refractivity (Wildman–Crippen MR) is 123 cm³/mol. The van der Waals surface area contributed by atoms with Crippen LogP contribution in [0.1, 0.15) is 58.3 Å². The van der Waals surface area contributed by atoms with Gasteiger partial charge in [0, 0.05) is 26.1 Å². The van der Waals surface area contributed by atoms with Gasteiger partial charge in [0.25, 0.3) is 0 Å². The normalized spacial score (nSPS) is 24.6. The molecule has 1 aromatic carbocycles. The van der Waals surface area contributed by atoms with Crippen LogP contribution in [0.2, 0.25) is 0 Å². The van der Waals surface area contributed by atoms with Gasteiger partial charge in [-0.2, -0.15) is 0 Å². The summed E-state index contributed by atoms with van der Waals surface area (Å²) in [5, 5.41) is 0. The molecule has 178 valence electrons. The SMILES string of the molecule is CCN1CCC(CC(=O)N2CCC3(CC2)CC(CCOc2ccc(F)cc2)CCO3)CC1. The summed E-state index contributed by atoms with van der Waals surface area (Å²) in [6, 6.07) is 6.23. The van der Waals surface area contributed by atoms with Crippen molar-refractivity contribution < 1.29 is 18.7 Å². The van der Waals surface area contributed by atoms with Gasteiger partial charge < -0.3 is 19.3 Å². The van der Waals surface area contributed by atoms with E-state index in [-0.39, 0.29) is 11.4 Å². The van der Waals surface area contributed by atoms with Gasteiger partial charge >= 0.3 is 0 Å². The summed E-state index contributed by atoms with van der Waals surface area (Å²) < 4.78 is 25.1. The van der Waals surface area contributed by atoms with Crippen molar-refractivity contribution in [3.05, 3.63) is 30.1 Å². The molecule has 0 radical (unpaired) electrons. The van der Waals surface area contributed by atoms with Crippen LogP contribution in [0.3, 0.4) is 0 Å². The molecule has 3 saturated heterocycles. The Morgan fingerprint density at radius 3 is 2.50 bits per heavy atom. The van der Waals surface area contributed by atoms with Gasteiger partial charge in [-0.25, -0.2) is 4.39 Å². The molecule has 1 unspecified atom stereocenters. The van der Waals surface area contributed by atoms with Gasteiger partial charge in [-0.15, -0.1) is 0 Å². The molecule has 0 N–H and O–H groups in total. The van der Waals surface area contributed by atoms with E-state index >= 15 is 0 Å². The quantitative estimate of drug-likeness (QED) is 0.618. The molecule has 3 fully saturated rings. The van der Waals surface area contributed by atoms with Crippen LogP contribution in [0, 0.1) is 17.7 Å². The zero-order chi connectivity index (χ0) is 22.4. The van der Waals surface area contributed by atoms with Crippen LogP contribution in [-0.2, 0) is 9.53 Å². The molecule has 5 nitrogen and oxygen atoms in total. The summed E-state index contributed by atoms with van der Waals surface area (Å²) in [6.07, 6.45) is 8.02. The molecule has 0 aromatic heterocycles. The van der Waals surface area contributed by atoms with Crippen molar-refractivity contribution in [2.24, 2.45) is 11.8 Å². The first-order valence-corrected chi connectivity index (χ1v) is 12.6. The van der Waals surface area contributed by atoms with Gasteiger partial charge in [-0.1, -0.05) is 6.92 Å². The Bertz CT molecular complexity index is 725. The fourth-order valence-electron chi connectivity index (χ4n) is 5.64. The lowest BCUT2D eigenvalue weighted by atomic mass is 9.78. The highest BCUT2D eigenvalue weighted by Gasteiger charge is 2.41. The second kappa shape index (κ2) is 11.0. The molecule has 0 bridgehead atoms. The van der Waals surface area contributed by atoms with Crippen LogP contribution in [0.4, 0.5) is 4.39 Å². The first kappa shape index (κ1) is 23.5. The third kappa shape index (κ3) is 6.22. The number of carbonyl (C=O) groups excluding carboxylic acids is 1. The summed E-state index contributed by atoms with van der Waals surface area (Å²) in [5.74, 6) is 1.96. The van der Waals surface area contributed by atoms with Gasteiger partial charge in [0.2, 0.25) is 5.91 Å². The van der Waals surface area contributed by atoms with Crippen LogP contribution in [-0.4, -0.2) is 67.2 Å². The fourth-order valence-corrected chi connectivity index (χ4v) is 5.64. The van der Waals surface area contributed by atoms with E-state index in [2.05, 4.69) is 16.7 Å². The summed E-state index contributed by atoms with van der Waals surface area (Å²) in [5.41, 5.74) is -0.0674. The zero-order valence-corrected chi connectivity index (χ0v) is 19.6. The van der Waals surface area contributed by atoms with E-state index in [1.54, 1.807) is 12.1 Å². The van der Waals surface area contributed by atoms with Gasteiger partial charge in [-0.05, 0) is 101 Å². The van der Waals surface area contributed by atoms with E-state index in [0.717, 1.165) is 96.4 Å². The molecule has 3 aliphatic heterocycles. The maximum Gasteiger partial charge on any atom is 0.222 e. The molecule has 1 spiro atoms.